The van der Waals surface area contributed by atoms with Gasteiger partial charge in [-0.15, -0.1) is 0 Å². The van der Waals surface area contributed by atoms with Crippen molar-refractivity contribution in [2.75, 3.05) is 5.73 Å². The fraction of sp³-hybridized carbons (Fsp3) is 0.0714. The van der Waals surface area contributed by atoms with Gasteiger partial charge in [0.25, 0.3) is 0 Å². The van der Waals surface area contributed by atoms with Gasteiger partial charge in [0.15, 0.2) is 0 Å². The second-order valence-corrected chi connectivity index (χ2v) is 5.35. The first kappa shape index (κ1) is 14.8. The number of anilines is 1. The van der Waals surface area contributed by atoms with Crippen LogP contribution in [-0.4, -0.2) is 5.97 Å². The molecular weight excluding hydrogens is 349 g/mol. The van der Waals surface area contributed by atoms with Gasteiger partial charge in [-0.2, -0.15) is 0 Å². The Labute approximate surface area is 128 Å². The van der Waals surface area contributed by atoms with Gasteiger partial charge in [0.2, 0.25) is 0 Å². The van der Waals surface area contributed by atoms with Crippen LogP contribution in [0.25, 0.3) is 0 Å². The van der Waals surface area contributed by atoms with Crippen molar-refractivity contribution in [3.8, 4) is 0 Å². The molecule has 2 rings (SSSR count). The molecule has 0 saturated carbocycles. The molecule has 0 saturated heterocycles. The summed E-state index contributed by atoms with van der Waals surface area (Å²) in [7, 11) is 0. The fourth-order valence-corrected chi connectivity index (χ4v) is 2.13. The summed E-state index contributed by atoms with van der Waals surface area (Å²) < 4.78 is 18.6. The summed E-state index contributed by atoms with van der Waals surface area (Å²) in [5.41, 5.74) is 6.31. The van der Waals surface area contributed by atoms with Crippen LogP contribution in [0, 0.1) is 5.82 Å². The smallest absolute Gasteiger partial charge is 0.339 e. The Hall–Kier alpha value is -1.59. The van der Waals surface area contributed by atoms with Gasteiger partial charge in [0.1, 0.15) is 12.4 Å². The summed E-state index contributed by atoms with van der Waals surface area (Å²) in [5.74, 6) is -1.18. The zero-order valence-corrected chi connectivity index (χ0v) is 12.5. The molecule has 0 heterocycles. The van der Waals surface area contributed by atoms with E-state index in [1.54, 1.807) is 24.3 Å². The van der Waals surface area contributed by atoms with E-state index in [-0.39, 0.29) is 17.9 Å². The topological polar surface area (TPSA) is 52.3 Å². The maximum atomic E-state index is 13.2. The van der Waals surface area contributed by atoms with E-state index in [1.807, 2.05) is 0 Å². The third kappa shape index (κ3) is 3.49. The number of halogens is 3. The summed E-state index contributed by atoms with van der Waals surface area (Å²) in [4.78, 5) is 11.9. The van der Waals surface area contributed by atoms with E-state index in [0.717, 1.165) is 11.6 Å². The molecular formula is C14H10BrClFNO2. The van der Waals surface area contributed by atoms with E-state index in [9.17, 15) is 9.18 Å². The van der Waals surface area contributed by atoms with E-state index in [2.05, 4.69) is 15.9 Å². The minimum atomic E-state index is -0.592. The van der Waals surface area contributed by atoms with Crippen LogP contribution >= 0.6 is 27.5 Å². The monoisotopic (exact) mass is 357 g/mol. The normalized spacial score (nSPS) is 10.3. The van der Waals surface area contributed by atoms with Crippen LogP contribution in [0.1, 0.15) is 15.9 Å². The number of ether oxygens (including phenoxy) is 1. The third-order valence-electron chi connectivity index (χ3n) is 2.59. The Morgan fingerprint density at radius 2 is 1.95 bits per heavy atom. The number of carbonyl (C=O) groups excluding carboxylic acids is 1. The quantitative estimate of drug-likeness (QED) is 0.661. The molecule has 0 aliphatic rings. The van der Waals surface area contributed by atoms with Crippen molar-refractivity contribution in [3.05, 3.63) is 62.8 Å². The Morgan fingerprint density at radius 3 is 2.60 bits per heavy atom. The first-order valence-electron chi connectivity index (χ1n) is 5.63. The minimum Gasteiger partial charge on any atom is -0.457 e. The van der Waals surface area contributed by atoms with E-state index in [0.29, 0.717) is 9.50 Å². The molecule has 0 spiro atoms. The van der Waals surface area contributed by atoms with Gasteiger partial charge in [-0.25, -0.2) is 9.18 Å². The van der Waals surface area contributed by atoms with Crippen molar-refractivity contribution >= 4 is 39.2 Å². The summed E-state index contributed by atoms with van der Waals surface area (Å²) in [6.45, 7) is 0.0969. The Balaban J connectivity index is 2.09. The number of rotatable bonds is 3. The fourth-order valence-electron chi connectivity index (χ4n) is 1.53. The van der Waals surface area contributed by atoms with E-state index < -0.39 is 11.8 Å². The second kappa shape index (κ2) is 6.24. The van der Waals surface area contributed by atoms with Crippen molar-refractivity contribution in [3.63, 3.8) is 0 Å². The zero-order valence-electron chi connectivity index (χ0n) is 10.2. The summed E-state index contributed by atoms with van der Waals surface area (Å²) in [5, 5.41) is 0.606. The van der Waals surface area contributed by atoms with Gasteiger partial charge in [-0.3, -0.25) is 0 Å². The van der Waals surface area contributed by atoms with Gasteiger partial charge >= 0.3 is 5.97 Å². The third-order valence-corrected chi connectivity index (χ3v) is 3.50. The van der Waals surface area contributed by atoms with Crippen LogP contribution in [0.15, 0.2) is 40.9 Å². The molecule has 0 fully saturated rings. The molecule has 0 aliphatic heterocycles. The molecule has 0 amide bonds. The highest BCUT2D eigenvalue weighted by Crippen LogP contribution is 2.24. The van der Waals surface area contributed by atoms with Gasteiger partial charge in [-0.05, 0) is 45.8 Å². The molecule has 0 bridgehead atoms. The lowest BCUT2D eigenvalue weighted by molar-refractivity contribution is 0.0471. The zero-order chi connectivity index (χ0) is 14.7. The lowest BCUT2D eigenvalue weighted by Crippen LogP contribution is -2.07. The SMILES string of the molecule is Nc1cc(C(=O)OCc2ccc(Cl)cc2)c(Br)cc1F. The molecule has 0 aliphatic carbocycles. The molecule has 2 aromatic carbocycles. The highest BCUT2D eigenvalue weighted by molar-refractivity contribution is 9.10. The molecule has 20 heavy (non-hydrogen) atoms. The second-order valence-electron chi connectivity index (χ2n) is 4.06. The molecule has 3 nitrogen and oxygen atoms in total. The summed E-state index contributed by atoms with van der Waals surface area (Å²) in [6, 6.07) is 9.29. The van der Waals surface area contributed by atoms with Crippen LogP contribution in [0.2, 0.25) is 5.02 Å². The van der Waals surface area contributed by atoms with Crippen LogP contribution in [0.3, 0.4) is 0 Å². The molecule has 0 aromatic heterocycles. The maximum absolute atomic E-state index is 13.2. The highest BCUT2D eigenvalue weighted by atomic mass is 79.9. The minimum absolute atomic E-state index is 0.0969. The number of esters is 1. The predicted molar refractivity (Wildman–Crippen MR) is 79.1 cm³/mol. The van der Waals surface area contributed by atoms with Crippen molar-refractivity contribution in [2.24, 2.45) is 0 Å². The molecule has 0 unspecified atom stereocenters. The Bertz CT molecular complexity index is 646. The van der Waals surface area contributed by atoms with E-state index in [1.165, 1.54) is 6.07 Å². The van der Waals surface area contributed by atoms with Crippen LogP contribution in [-0.2, 0) is 11.3 Å². The maximum Gasteiger partial charge on any atom is 0.339 e. The average molecular weight is 359 g/mol. The van der Waals surface area contributed by atoms with Gasteiger partial charge in [0, 0.05) is 9.50 Å². The van der Waals surface area contributed by atoms with Crippen LogP contribution in [0.5, 0.6) is 0 Å². The number of nitrogen functional groups attached to an aromatic ring is 1. The first-order valence-corrected chi connectivity index (χ1v) is 6.80. The van der Waals surface area contributed by atoms with Gasteiger partial charge < -0.3 is 10.5 Å². The predicted octanol–water partition coefficient (Wildman–Crippen LogP) is 4.18. The molecule has 2 N–H and O–H groups in total. The number of nitrogens with two attached hydrogens (primary N) is 1. The van der Waals surface area contributed by atoms with Gasteiger partial charge in [0.05, 0.1) is 11.3 Å². The largest absolute Gasteiger partial charge is 0.457 e. The Kier molecular flexibility index (Phi) is 4.62. The van der Waals surface area contributed by atoms with Crippen molar-refractivity contribution in [1.82, 2.24) is 0 Å². The van der Waals surface area contributed by atoms with Crippen molar-refractivity contribution < 1.29 is 13.9 Å². The molecule has 0 atom stereocenters. The van der Waals surface area contributed by atoms with Crippen molar-refractivity contribution in [1.29, 1.82) is 0 Å². The van der Waals surface area contributed by atoms with E-state index >= 15 is 0 Å². The van der Waals surface area contributed by atoms with Crippen LogP contribution in [0.4, 0.5) is 10.1 Å². The standard InChI is InChI=1S/C14H10BrClFNO2/c15-11-6-12(17)13(18)5-10(11)14(19)20-7-8-1-3-9(16)4-2-8/h1-6H,7,18H2. The van der Waals surface area contributed by atoms with Crippen LogP contribution < -0.4 is 5.73 Å². The molecule has 104 valence electrons. The molecule has 0 radical (unpaired) electrons. The lowest BCUT2D eigenvalue weighted by atomic mass is 10.2. The Morgan fingerprint density at radius 1 is 1.30 bits per heavy atom. The number of carbonyl (C=O) groups is 1. The number of benzene rings is 2. The average Bonchev–Trinajstić information content (AvgIpc) is 2.42. The van der Waals surface area contributed by atoms with E-state index in [4.69, 9.17) is 22.1 Å². The first-order chi connectivity index (χ1) is 9.47. The van der Waals surface area contributed by atoms with Gasteiger partial charge in [-0.1, -0.05) is 23.7 Å². The molecule has 2 aromatic rings. The molecule has 6 heteroatoms. The summed E-state index contributed by atoms with van der Waals surface area (Å²) in [6.07, 6.45) is 0. The highest BCUT2D eigenvalue weighted by Gasteiger charge is 2.14. The number of hydrogen-bond donors (Lipinski definition) is 1. The summed E-state index contributed by atoms with van der Waals surface area (Å²) >= 11 is 8.86. The number of hydrogen-bond acceptors (Lipinski definition) is 3. The van der Waals surface area contributed by atoms with Crippen molar-refractivity contribution in [2.45, 2.75) is 6.61 Å². The lowest BCUT2D eigenvalue weighted by Gasteiger charge is -2.08.